The Kier molecular flexibility index (Phi) is 5.16. The van der Waals surface area contributed by atoms with Crippen molar-refractivity contribution in [2.45, 2.75) is 44.6 Å². The molecule has 0 aliphatic heterocycles. The van der Waals surface area contributed by atoms with E-state index in [9.17, 15) is 0 Å². The van der Waals surface area contributed by atoms with Crippen molar-refractivity contribution in [2.24, 2.45) is 0 Å². The van der Waals surface area contributed by atoms with E-state index in [0.717, 1.165) is 32.5 Å². The van der Waals surface area contributed by atoms with Gasteiger partial charge in [0.2, 0.25) is 0 Å². The second-order valence-corrected chi connectivity index (χ2v) is 4.61. The fourth-order valence-corrected chi connectivity index (χ4v) is 2.44. The molecule has 1 aliphatic rings. The van der Waals surface area contributed by atoms with Crippen LogP contribution in [0.1, 0.15) is 19.8 Å². The third-order valence-corrected chi connectivity index (χ3v) is 3.43. The monoisotopic (exact) mass is 253 g/mol. The Hall–Kier alpha value is -0.910. The van der Waals surface area contributed by atoms with Gasteiger partial charge in [-0.3, -0.25) is 4.68 Å². The molecule has 1 N–H and O–H groups in total. The van der Waals surface area contributed by atoms with Gasteiger partial charge in [-0.25, -0.2) is 0 Å². The van der Waals surface area contributed by atoms with Crippen LogP contribution < -0.4 is 5.32 Å². The van der Waals surface area contributed by atoms with E-state index < -0.39 is 0 Å². The van der Waals surface area contributed by atoms with Crippen LogP contribution in [0, 0.1) is 0 Å². The number of hydrogen-bond donors (Lipinski definition) is 1. The molecule has 5 nitrogen and oxygen atoms in total. The normalized spacial score (nSPS) is 27.1. The van der Waals surface area contributed by atoms with Crippen molar-refractivity contribution < 1.29 is 9.47 Å². The molecule has 0 amide bonds. The molecule has 0 saturated heterocycles. The molecular weight excluding hydrogens is 230 g/mol. The lowest BCUT2D eigenvalue weighted by Gasteiger charge is -2.43. The third kappa shape index (κ3) is 3.31. The lowest BCUT2D eigenvalue weighted by Crippen LogP contribution is -2.59. The molecule has 1 aromatic rings. The van der Waals surface area contributed by atoms with Gasteiger partial charge in [-0.15, -0.1) is 0 Å². The van der Waals surface area contributed by atoms with Crippen molar-refractivity contribution in [3.05, 3.63) is 18.5 Å². The van der Waals surface area contributed by atoms with Crippen LogP contribution in [0.5, 0.6) is 0 Å². The molecule has 1 heterocycles. The lowest BCUT2D eigenvalue weighted by molar-refractivity contribution is -0.131. The molecule has 18 heavy (non-hydrogen) atoms. The van der Waals surface area contributed by atoms with Gasteiger partial charge in [-0.2, -0.15) is 5.10 Å². The minimum Gasteiger partial charge on any atom is -0.377 e. The molecule has 5 heteroatoms. The fraction of sp³-hybridized carbons (Fsp3) is 0.769. The Morgan fingerprint density at radius 1 is 1.50 bits per heavy atom. The first-order valence-corrected chi connectivity index (χ1v) is 6.70. The van der Waals surface area contributed by atoms with Gasteiger partial charge in [-0.05, 0) is 32.4 Å². The van der Waals surface area contributed by atoms with Crippen LogP contribution >= 0.6 is 0 Å². The highest BCUT2D eigenvalue weighted by molar-refractivity contribution is 4.96. The van der Waals surface area contributed by atoms with E-state index in [2.05, 4.69) is 10.4 Å². The van der Waals surface area contributed by atoms with Crippen LogP contribution in [-0.4, -0.2) is 48.3 Å². The number of methoxy groups -OCH3 is 1. The quantitative estimate of drug-likeness (QED) is 0.704. The van der Waals surface area contributed by atoms with Gasteiger partial charge in [0.1, 0.15) is 0 Å². The summed E-state index contributed by atoms with van der Waals surface area (Å²) in [7, 11) is 1.76. The summed E-state index contributed by atoms with van der Waals surface area (Å²) in [5.41, 5.74) is 0. The zero-order valence-electron chi connectivity index (χ0n) is 11.2. The Bertz CT molecular complexity index is 329. The summed E-state index contributed by atoms with van der Waals surface area (Å²) < 4.78 is 13.0. The van der Waals surface area contributed by atoms with Crippen LogP contribution in [0.25, 0.3) is 0 Å². The largest absolute Gasteiger partial charge is 0.377 e. The Labute approximate surface area is 108 Å². The number of aryl methyl sites for hydroxylation is 1. The first-order valence-electron chi connectivity index (χ1n) is 6.70. The van der Waals surface area contributed by atoms with Crippen molar-refractivity contribution in [3.63, 3.8) is 0 Å². The van der Waals surface area contributed by atoms with Crippen molar-refractivity contribution >= 4 is 0 Å². The highest BCUT2D eigenvalue weighted by atomic mass is 16.5. The Morgan fingerprint density at radius 2 is 2.39 bits per heavy atom. The summed E-state index contributed by atoms with van der Waals surface area (Å²) in [4.78, 5) is 0. The Morgan fingerprint density at radius 3 is 3.06 bits per heavy atom. The smallest absolute Gasteiger partial charge is 0.0986 e. The maximum absolute atomic E-state index is 5.60. The van der Waals surface area contributed by atoms with Crippen molar-refractivity contribution in [3.8, 4) is 0 Å². The number of aromatic nitrogens is 2. The molecule has 1 aliphatic carbocycles. The molecule has 1 aromatic heterocycles. The van der Waals surface area contributed by atoms with E-state index in [4.69, 9.17) is 9.47 Å². The maximum atomic E-state index is 5.60. The summed E-state index contributed by atoms with van der Waals surface area (Å²) in [5.74, 6) is 0. The second-order valence-electron chi connectivity index (χ2n) is 4.61. The van der Waals surface area contributed by atoms with Gasteiger partial charge >= 0.3 is 0 Å². The highest BCUT2D eigenvalue weighted by Gasteiger charge is 2.41. The van der Waals surface area contributed by atoms with Crippen LogP contribution in [0.3, 0.4) is 0 Å². The molecule has 2 rings (SSSR count). The zero-order valence-corrected chi connectivity index (χ0v) is 11.2. The summed E-state index contributed by atoms with van der Waals surface area (Å²) >= 11 is 0. The number of ether oxygens (including phenoxy) is 2. The van der Waals surface area contributed by atoms with Crippen LogP contribution in [0.4, 0.5) is 0 Å². The molecule has 1 fully saturated rings. The van der Waals surface area contributed by atoms with E-state index in [1.165, 1.54) is 0 Å². The van der Waals surface area contributed by atoms with Gasteiger partial charge < -0.3 is 14.8 Å². The van der Waals surface area contributed by atoms with Crippen molar-refractivity contribution in [1.29, 1.82) is 0 Å². The van der Waals surface area contributed by atoms with Crippen LogP contribution in [0.2, 0.25) is 0 Å². The topological polar surface area (TPSA) is 48.3 Å². The molecule has 3 atom stereocenters. The Balaban J connectivity index is 1.60. The molecule has 0 radical (unpaired) electrons. The molecule has 0 spiro atoms. The van der Waals surface area contributed by atoms with Gasteiger partial charge in [0.15, 0.2) is 0 Å². The van der Waals surface area contributed by atoms with Gasteiger partial charge in [0.25, 0.3) is 0 Å². The highest BCUT2D eigenvalue weighted by Crippen LogP contribution is 2.26. The van der Waals surface area contributed by atoms with Crippen LogP contribution in [-0.2, 0) is 16.0 Å². The molecule has 1 saturated carbocycles. The lowest BCUT2D eigenvalue weighted by atomic mass is 9.85. The molecule has 3 unspecified atom stereocenters. The standard InChI is InChI=1S/C13H23N3O2/c1-3-18-12-10-11(13(12)17-2)14-6-4-8-16-9-5-7-15-16/h5,7,9,11-14H,3-4,6,8,10H2,1-2H3. The molecule has 0 bridgehead atoms. The molecule has 0 aromatic carbocycles. The van der Waals surface area contributed by atoms with E-state index in [1.807, 2.05) is 30.1 Å². The van der Waals surface area contributed by atoms with Crippen molar-refractivity contribution in [2.75, 3.05) is 20.3 Å². The first kappa shape index (κ1) is 13.5. The molecule has 102 valence electrons. The third-order valence-electron chi connectivity index (χ3n) is 3.43. The van der Waals surface area contributed by atoms with Gasteiger partial charge in [-0.1, -0.05) is 0 Å². The predicted molar refractivity (Wildman–Crippen MR) is 69.5 cm³/mol. The maximum Gasteiger partial charge on any atom is 0.0986 e. The summed E-state index contributed by atoms with van der Waals surface area (Å²) in [6.45, 7) is 4.73. The van der Waals surface area contributed by atoms with E-state index in [0.29, 0.717) is 6.04 Å². The average Bonchev–Trinajstić information content (AvgIpc) is 2.85. The molecular formula is C13H23N3O2. The van der Waals surface area contributed by atoms with Crippen molar-refractivity contribution in [1.82, 2.24) is 15.1 Å². The SMILES string of the molecule is CCOC1CC(NCCCn2cccn2)C1OC. The summed E-state index contributed by atoms with van der Waals surface area (Å²) in [6, 6.07) is 2.39. The van der Waals surface area contributed by atoms with Gasteiger partial charge in [0, 0.05) is 38.7 Å². The number of nitrogens with one attached hydrogen (secondary N) is 1. The average molecular weight is 253 g/mol. The number of nitrogens with zero attached hydrogens (tertiary/aromatic N) is 2. The van der Waals surface area contributed by atoms with Crippen LogP contribution in [0.15, 0.2) is 18.5 Å². The predicted octanol–water partition coefficient (Wildman–Crippen LogP) is 1.06. The zero-order chi connectivity index (χ0) is 12.8. The first-order chi connectivity index (χ1) is 8.85. The minimum absolute atomic E-state index is 0.203. The fourth-order valence-electron chi connectivity index (χ4n) is 2.44. The number of rotatable bonds is 8. The summed E-state index contributed by atoms with van der Waals surface area (Å²) in [5, 5.41) is 7.70. The van der Waals surface area contributed by atoms with E-state index >= 15 is 0 Å². The van der Waals surface area contributed by atoms with E-state index in [1.54, 1.807) is 7.11 Å². The second kappa shape index (κ2) is 6.87. The van der Waals surface area contributed by atoms with E-state index in [-0.39, 0.29) is 12.2 Å². The summed E-state index contributed by atoms with van der Waals surface area (Å²) in [6.07, 6.45) is 6.40. The minimum atomic E-state index is 0.203. The van der Waals surface area contributed by atoms with Gasteiger partial charge in [0.05, 0.1) is 12.2 Å². The number of hydrogen-bond acceptors (Lipinski definition) is 4.